The van der Waals surface area contributed by atoms with Crippen molar-refractivity contribution in [2.24, 2.45) is 7.05 Å². The van der Waals surface area contributed by atoms with Gasteiger partial charge in [-0.3, -0.25) is 9.48 Å². The molecule has 0 saturated carbocycles. The lowest BCUT2D eigenvalue weighted by molar-refractivity contribution is 0.0932. The lowest BCUT2D eigenvalue weighted by Gasteiger charge is -2.28. The van der Waals surface area contributed by atoms with Crippen LogP contribution in [-0.4, -0.2) is 35.9 Å². The van der Waals surface area contributed by atoms with Crippen LogP contribution in [0.3, 0.4) is 0 Å². The van der Waals surface area contributed by atoms with E-state index >= 15 is 0 Å². The Bertz CT molecular complexity index is 827. The Balaban J connectivity index is 1.58. The zero-order valence-electron chi connectivity index (χ0n) is 15.0. The Labute approximate surface area is 147 Å². The molecule has 2 aromatic rings. The maximum Gasteiger partial charge on any atom is 0.251 e. The van der Waals surface area contributed by atoms with Gasteiger partial charge in [-0.2, -0.15) is 5.10 Å². The topological polar surface area (TPSA) is 59.4 Å². The number of carbonyl (C=O) groups excluding carboxylic acids is 1. The number of aromatic nitrogens is 2. The van der Waals surface area contributed by atoms with Crippen LogP contribution in [0.5, 0.6) is 5.75 Å². The predicted molar refractivity (Wildman–Crippen MR) is 96.3 cm³/mol. The second kappa shape index (κ2) is 6.10. The van der Waals surface area contributed by atoms with Crippen LogP contribution < -0.4 is 15.0 Å². The Morgan fingerprint density at radius 2 is 2.20 bits per heavy atom. The highest BCUT2D eigenvalue weighted by molar-refractivity contribution is 5.95. The number of anilines is 1. The average molecular weight is 340 g/mol. The number of aryl methyl sites for hydroxylation is 2. The standard InChI is InChI=1S/C19H24N4O2/c1-12-18-14(5-4-6-16(18)23(3)21-12)20-19(24)13-7-8-15-17(11-13)25-10-9-22(15)2/h7-8,11,14H,4-6,9-10H2,1-3H3,(H,20,24). The first-order valence-electron chi connectivity index (χ1n) is 8.86. The predicted octanol–water partition coefficient (Wildman–Crippen LogP) is 2.36. The van der Waals surface area contributed by atoms with E-state index in [9.17, 15) is 4.79 Å². The number of hydrogen-bond donors (Lipinski definition) is 1. The van der Waals surface area contributed by atoms with Crippen LogP contribution in [-0.2, 0) is 13.5 Å². The minimum atomic E-state index is -0.0549. The molecular weight excluding hydrogens is 316 g/mol. The number of nitrogens with zero attached hydrogens (tertiary/aromatic N) is 3. The van der Waals surface area contributed by atoms with E-state index in [2.05, 4.69) is 15.3 Å². The van der Waals surface area contributed by atoms with Crippen molar-refractivity contribution in [2.75, 3.05) is 25.1 Å². The molecule has 0 bridgehead atoms. The Morgan fingerprint density at radius 3 is 3.04 bits per heavy atom. The van der Waals surface area contributed by atoms with Gasteiger partial charge in [0.2, 0.25) is 0 Å². The number of rotatable bonds is 2. The van der Waals surface area contributed by atoms with Gasteiger partial charge >= 0.3 is 0 Å². The first kappa shape index (κ1) is 16.0. The number of nitrogens with one attached hydrogen (secondary N) is 1. The van der Waals surface area contributed by atoms with Crippen molar-refractivity contribution in [3.8, 4) is 5.75 Å². The molecular formula is C19H24N4O2. The average Bonchev–Trinajstić information content (AvgIpc) is 2.90. The Morgan fingerprint density at radius 1 is 1.36 bits per heavy atom. The Hall–Kier alpha value is -2.50. The lowest BCUT2D eigenvalue weighted by atomic mass is 9.90. The zero-order chi connectivity index (χ0) is 17.6. The molecule has 0 fully saturated rings. The molecule has 1 amide bonds. The zero-order valence-corrected chi connectivity index (χ0v) is 15.0. The van der Waals surface area contributed by atoms with E-state index in [0.717, 1.165) is 42.9 Å². The molecule has 1 atom stereocenters. The SMILES string of the molecule is Cc1nn(C)c2c1C(NC(=O)c1ccc3c(c1)OCCN3C)CCC2. The summed E-state index contributed by atoms with van der Waals surface area (Å²) >= 11 is 0. The molecule has 1 unspecified atom stereocenters. The molecule has 6 heteroatoms. The smallest absolute Gasteiger partial charge is 0.251 e. The van der Waals surface area contributed by atoms with Crippen LogP contribution in [0.15, 0.2) is 18.2 Å². The third kappa shape index (κ3) is 2.75. The summed E-state index contributed by atoms with van der Waals surface area (Å²) in [4.78, 5) is 14.9. The third-order valence-corrected chi connectivity index (χ3v) is 5.27. The fourth-order valence-corrected chi connectivity index (χ4v) is 3.98. The van der Waals surface area contributed by atoms with Crippen LogP contribution in [0.1, 0.15) is 46.2 Å². The molecule has 1 N–H and O–H groups in total. The van der Waals surface area contributed by atoms with E-state index in [1.165, 1.54) is 11.3 Å². The number of likely N-dealkylation sites (N-methyl/N-ethyl adjacent to an activating group) is 1. The summed E-state index contributed by atoms with van der Waals surface area (Å²) in [6.45, 7) is 3.53. The maximum atomic E-state index is 12.8. The summed E-state index contributed by atoms with van der Waals surface area (Å²) in [6, 6.07) is 5.72. The van der Waals surface area contributed by atoms with E-state index < -0.39 is 0 Å². The van der Waals surface area contributed by atoms with Crippen molar-refractivity contribution < 1.29 is 9.53 Å². The highest BCUT2D eigenvalue weighted by atomic mass is 16.5. The van der Waals surface area contributed by atoms with E-state index in [-0.39, 0.29) is 11.9 Å². The molecule has 25 heavy (non-hydrogen) atoms. The van der Waals surface area contributed by atoms with Crippen LogP contribution >= 0.6 is 0 Å². The van der Waals surface area contributed by atoms with E-state index in [0.29, 0.717) is 12.2 Å². The summed E-state index contributed by atoms with van der Waals surface area (Å²) in [5.41, 5.74) is 5.12. The third-order valence-electron chi connectivity index (χ3n) is 5.27. The summed E-state index contributed by atoms with van der Waals surface area (Å²) in [5.74, 6) is 0.726. The van der Waals surface area contributed by atoms with Crippen LogP contribution in [0, 0.1) is 6.92 Å². The monoisotopic (exact) mass is 340 g/mol. The van der Waals surface area contributed by atoms with Crippen molar-refractivity contribution >= 4 is 11.6 Å². The molecule has 1 aliphatic carbocycles. The largest absolute Gasteiger partial charge is 0.490 e. The van der Waals surface area contributed by atoms with E-state index in [1.807, 2.05) is 43.9 Å². The van der Waals surface area contributed by atoms with Crippen molar-refractivity contribution in [3.05, 3.63) is 40.7 Å². The van der Waals surface area contributed by atoms with E-state index in [1.54, 1.807) is 0 Å². The number of carbonyl (C=O) groups is 1. The highest BCUT2D eigenvalue weighted by Crippen LogP contribution is 2.34. The quantitative estimate of drug-likeness (QED) is 0.912. The molecule has 0 radical (unpaired) electrons. The van der Waals surface area contributed by atoms with Crippen LogP contribution in [0.4, 0.5) is 5.69 Å². The molecule has 0 spiro atoms. The van der Waals surface area contributed by atoms with E-state index in [4.69, 9.17) is 4.74 Å². The molecule has 2 heterocycles. The van der Waals surface area contributed by atoms with Crippen molar-refractivity contribution in [2.45, 2.75) is 32.2 Å². The molecule has 0 saturated heterocycles. The number of ether oxygens (including phenoxy) is 1. The van der Waals surface area contributed by atoms with Crippen LogP contribution in [0.25, 0.3) is 0 Å². The summed E-state index contributed by atoms with van der Waals surface area (Å²) in [6.07, 6.45) is 3.04. The molecule has 1 aromatic heterocycles. The normalized spacial score (nSPS) is 19.0. The number of fused-ring (bicyclic) bond motifs is 2. The minimum Gasteiger partial charge on any atom is -0.490 e. The number of benzene rings is 1. The van der Waals surface area contributed by atoms with Gasteiger partial charge in [0, 0.05) is 30.9 Å². The van der Waals surface area contributed by atoms with Gasteiger partial charge in [-0.15, -0.1) is 0 Å². The highest BCUT2D eigenvalue weighted by Gasteiger charge is 2.28. The van der Waals surface area contributed by atoms with Crippen molar-refractivity contribution in [3.63, 3.8) is 0 Å². The fourth-order valence-electron chi connectivity index (χ4n) is 3.98. The molecule has 4 rings (SSSR count). The molecule has 6 nitrogen and oxygen atoms in total. The second-order valence-corrected chi connectivity index (χ2v) is 6.94. The lowest BCUT2D eigenvalue weighted by Crippen LogP contribution is -2.32. The number of hydrogen-bond acceptors (Lipinski definition) is 4. The Kier molecular flexibility index (Phi) is 3.90. The second-order valence-electron chi connectivity index (χ2n) is 6.94. The van der Waals surface area contributed by atoms with Gasteiger partial charge in [0.1, 0.15) is 12.4 Å². The summed E-state index contributed by atoms with van der Waals surface area (Å²) in [7, 11) is 4.02. The molecule has 1 aromatic carbocycles. The minimum absolute atomic E-state index is 0.0320. The summed E-state index contributed by atoms with van der Waals surface area (Å²) < 4.78 is 7.67. The van der Waals surface area contributed by atoms with Gasteiger partial charge in [0.05, 0.1) is 24.0 Å². The van der Waals surface area contributed by atoms with Gasteiger partial charge in [-0.1, -0.05) is 0 Å². The van der Waals surface area contributed by atoms with Gasteiger partial charge in [0.15, 0.2) is 0 Å². The van der Waals surface area contributed by atoms with Gasteiger partial charge in [-0.25, -0.2) is 0 Å². The van der Waals surface area contributed by atoms with Crippen molar-refractivity contribution in [1.29, 1.82) is 0 Å². The molecule has 1 aliphatic heterocycles. The molecule has 132 valence electrons. The van der Waals surface area contributed by atoms with Crippen LogP contribution in [0.2, 0.25) is 0 Å². The maximum absolute atomic E-state index is 12.8. The fraction of sp³-hybridized carbons (Fsp3) is 0.474. The molecule has 2 aliphatic rings. The first-order valence-corrected chi connectivity index (χ1v) is 8.86. The summed E-state index contributed by atoms with van der Waals surface area (Å²) in [5, 5.41) is 7.73. The van der Waals surface area contributed by atoms with Gasteiger partial charge < -0.3 is 15.0 Å². The first-order chi connectivity index (χ1) is 12.0. The van der Waals surface area contributed by atoms with Crippen molar-refractivity contribution in [1.82, 2.24) is 15.1 Å². The van der Waals surface area contributed by atoms with Gasteiger partial charge in [-0.05, 0) is 44.4 Å². The number of amides is 1. The van der Waals surface area contributed by atoms with Gasteiger partial charge in [0.25, 0.3) is 5.91 Å².